The van der Waals surface area contributed by atoms with Gasteiger partial charge in [0.2, 0.25) is 0 Å². The summed E-state index contributed by atoms with van der Waals surface area (Å²) in [4.78, 5) is 24.0. The second-order valence-corrected chi connectivity index (χ2v) is 5.75. The molecule has 0 aliphatic carbocycles. The van der Waals surface area contributed by atoms with Gasteiger partial charge in [-0.25, -0.2) is 4.79 Å². The topological polar surface area (TPSA) is 55.8 Å². The first-order valence-electron chi connectivity index (χ1n) is 6.58. The van der Waals surface area contributed by atoms with Crippen LogP contribution in [0.15, 0.2) is 18.2 Å². The van der Waals surface area contributed by atoms with Gasteiger partial charge in [0.25, 0.3) is 6.47 Å². The van der Waals surface area contributed by atoms with E-state index in [1.165, 1.54) is 0 Å². The molecule has 5 heteroatoms. The second-order valence-electron chi connectivity index (χ2n) is 5.75. The third-order valence-corrected chi connectivity index (χ3v) is 2.97. The van der Waals surface area contributed by atoms with Gasteiger partial charge in [-0.15, -0.1) is 0 Å². The maximum absolute atomic E-state index is 12.1. The first-order valence-corrected chi connectivity index (χ1v) is 6.58. The van der Waals surface area contributed by atoms with E-state index in [1.807, 2.05) is 39.0 Å². The van der Waals surface area contributed by atoms with E-state index in [0.29, 0.717) is 13.0 Å². The third kappa shape index (κ3) is 3.29. The minimum atomic E-state index is -0.502. The fourth-order valence-corrected chi connectivity index (χ4v) is 2.18. The highest BCUT2D eigenvalue weighted by molar-refractivity contribution is 5.90. The molecule has 1 aromatic rings. The summed E-state index contributed by atoms with van der Waals surface area (Å²) in [6, 6.07) is 5.68. The minimum absolute atomic E-state index is 0.253. The van der Waals surface area contributed by atoms with Crippen LogP contribution in [0.25, 0.3) is 0 Å². The van der Waals surface area contributed by atoms with E-state index < -0.39 is 5.60 Å². The van der Waals surface area contributed by atoms with Crippen molar-refractivity contribution in [2.45, 2.75) is 39.4 Å². The highest BCUT2D eigenvalue weighted by Crippen LogP contribution is 2.30. The molecule has 0 fully saturated rings. The highest BCUT2D eigenvalue weighted by Gasteiger charge is 2.28. The number of amides is 1. The molecule has 1 aromatic carbocycles. The van der Waals surface area contributed by atoms with E-state index in [2.05, 4.69) is 0 Å². The number of rotatable bonds is 3. The summed E-state index contributed by atoms with van der Waals surface area (Å²) in [6.45, 7) is 6.84. The van der Waals surface area contributed by atoms with E-state index in [1.54, 1.807) is 4.90 Å². The number of nitrogens with zero attached hydrogens (tertiary/aromatic N) is 1. The molecule has 0 bridgehead atoms. The molecular weight excluding hydrogens is 258 g/mol. The molecule has 1 aliphatic rings. The Morgan fingerprint density at radius 3 is 2.80 bits per heavy atom. The van der Waals surface area contributed by atoms with E-state index in [-0.39, 0.29) is 12.7 Å². The lowest BCUT2D eigenvalue weighted by molar-refractivity contribution is -0.129. The zero-order valence-electron chi connectivity index (χ0n) is 12.0. The zero-order chi connectivity index (χ0) is 14.8. The zero-order valence-corrected chi connectivity index (χ0v) is 12.0. The molecule has 2 rings (SSSR count). The average molecular weight is 277 g/mol. The van der Waals surface area contributed by atoms with Gasteiger partial charge in [-0.2, -0.15) is 0 Å². The van der Waals surface area contributed by atoms with Gasteiger partial charge in [-0.3, -0.25) is 9.69 Å². The first kappa shape index (κ1) is 14.4. The van der Waals surface area contributed by atoms with Crippen LogP contribution in [0.1, 0.15) is 31.9 Å². The molecule has 1 heterocycles. The lowest BCUT2D eigenvalue weighted by Gasteiger charge is -2.24. The van der Waals surface area contributed by atoms with Gasteiger partial charge in [-0.05, 0) is 44.4 Å². The average Bonchev–Trinajstić information content (AvgIpc) is 2.77. The van der Waals surface area contributed by atoms with Crippen LogP contribution in [-0.2, 0) is 27.3 Å². The van der Waals surface area contributed by atoms with Crippen molar-refractivity contribution in [3.63, 3.8) is 0 Å². The van der Waals surface area contributed by atoms with Gasteiger partial charge >= 0.3 is 6.09 Å². The lowest BCUT2D eigenvalue weighted by Crippen LogP contribution is -2.35. The Labute approximate surface area is 118 Å². The van der Waals surface area contributed by atoms with Crippen LogP contribution in [-0.4, -0.2) is 24.7 Å². The number of ether oxygens (including phenoxy) is 2. The summed E-state index contributed by atoms with van der Waals surface area (Å²) < 4.78 is 10.1. The molecular formula is C15H19NO4. The van der Waals surface area contributed by atoms with Gasteiger partial charge in [-0.1, -0.05) is 12.1 Å². The standard InChI is InChI=1S/C15H19NO4/c1-15(2,3)20-14(18)16-7-6-12-8-11(9-19-10-17)4-5-13(12)16/h4-5,8,10H,6-7,9H2,1-3H3. The summed E-state index contributed by atoms with van der Waals surface area (Å²) in [5.74, 6) is 0. The van der Waals surface area contributed by atoms with E-state index in [9.17, 15) is 9.59 Å². The van der Waals surface area contributed by atoms with Crippen molar-refractivity contribution < 1.29 is 19.1 Å². The minimum Gasteiger partial charge on any atom is -0.463 e. The van der Waals surface area contributed by atoms with Gasteiger partial charge in [0.15, 0.2) is 0 Å². The molecule has 0 spiro atoms. The van der Waals surface area contributed by atoms with Crippen molar-refractivity contribution in [2.75, 3.05) is 11.4 Å². The third-order valence-electron chi connectivity index (χ3n) is 2.97. The molecule has 0 atom stereocenters. The van der Waals surface area contributed by atoms with Crippen molar-refractivity contribution in [1.29, 1.82) is 0 Å². The molecule has 0 saturated carbocycles. The van der Waals surface area contributed by atoms with Crippen LogP contribution in [0, 0.1) is 0 Å². The number of benzene rings is 1. The summed E-state index contributed by atoms with van der Waals surface area (Å²) in [7, 11) is 0. The molecule has 20 heavy (non-hydrogen) atoms. The smallest absolute Gasteiger partial charge is 0.414 e. The van der Waals surface area contributed by atoms with Crippen molar-refractivity contribution in [3.05, 3.63) is 29.3 Å². The van der Waals surface area contributed by atoms with Crippen LogP contribution < -0.4 is 4.90 Å². The summed E-state index contributed by atoms with van der Waals surface area (Å²) in [5.41, 5.74) is 2.36. The second kappa shape index (κ2) is 5.53. The Hall–Kier alpha value is -2.04. The molecule has 5 nitrogen and oxygen atoms in total. The Morgan fingerprint density at radius 1 is 1.40 bits per heavy atom. The fraction of sp³-hybridized carbons (Fsp3) is 0.467. The maximum atomic E-state index is 12.1. The molecule has 1 aliphatic heterocycles. The number of carbonyl (C=O) groups is 2. The molecule has 108 valence electrons. The lowest BCUT2D eigenvalue weighted by atomic mass is 10.1. The Morgan fingerprint density at radius 2 is 2.15 bits per heavy atom. The van der Waals surface area contributed by atoms with E-state index in [0.717, 1.165) is 23.2 Å². The number of hydrogen-bond donors (Lipinski definition) is 0. The maximum Gasteiger partial charge on any atom is 0.414 e. The number of fused-ring (bicyclic) bond motifs is 1. The fourth-order valence-electron chi connectivity index (χ4n) is 2.18. The van der Waals surface area contributed by atoms with Gasteiger partial charge in [0.05, 0.1) is 5.69 Å². The van der Waals surface area contributed by atoms with Crippen molar-refractivity contribution in [2.24, 2.45) is 0 Å². The Balaban J connectivity index is 2.13. The highest BCUT2D eigenvalue weighted by atomic mass is 16.6. The summed E-state index contributed by atoms with van der Waals surface area (Å²) in [5, 5.41) is 0. The van der Waals surface area contributed by atoms with Crippen LogP contribution in [0.3, 0.4) is 0 Å². The largest absolute Gasteiger partial charge is 0.463 e. The van der Waals surface area contributed by atoms with Crippen LogP contribution in [0.2, 0.25) is 0 Å². The van der Waals surface area contributed by atoms with Crippen molar-refractivity contribution in [3.8, 4) is 0 Å². The quantitative estimate of drug-likeness (QED) is 0.797. The molecule has 1 amide bonds. The summed E-state index contributed by atoms with van der Waals surface area (Å²) in [6.07, 6.45) is 0.455. The van der Waals surface area contributed by atoms with Crippen LogP contribution in [0.5, 0.6) is 0 Å². The van der Waals surface area contributed by atoms with E-state index in [4.69, 9.17) is 9.47 Å². The predicted molar refractivity (Wildman–Crippen MR) is 74.6 cm³/mol. The first-order chi connectivity index (χ1) is 9.40. The molecule has 0 saturated heterocycles. The SMILES string of the molecule is CC(C)(C)OC(=O)N1CCc2cc(COC=O)ccc21. The number of carbonyl (C=O) groups excluding carboxylic acids is 2. The molecule has 0 N–H and O–H groups in total. The predicted octanol–water partition coefficient (Wildman–Crippen LogP) is 2.66. The van der Waals surface area contributed by atoms with Crippen LogP contribution in [0.4, 0.5) is 10.5 Å². The van der Waals surface area contributed by atoms with Gasteiger partial charge < -0.3 is 9.47 Å². The monoisotopic (exact) mass is 277 g/mol. The number of anilines is 1. The van der Waals surface area contributed by atoms with Crippen LogP contribution >= 0.6 is 0 Å². The normalized spacial score (nSPS) is 13.8. The van der Waals surface area contributed by atoms with E-state index >= 15 is 0 Å². The van der Waals surface area contributed by atoms with Crippen molar-refractivity contribution >= 4 is 18.3 Å². The number of hydrogen-bond acceptors (Lipinski definition) is 4. The Bertz CT molecular complexity index is 519. The molecule has 0 aromatic heterocycles. The molecule has 0 unspecified atom stereocenters. The van der Waals surface area contributed by atoms with Crippen molar-refractivity contribution in [1.82, 2.24) is 0 Å². The summed E-state index contributed by atoms with van der Waals surface area (Å²) >= 11 is 0. The van der Waals surface area contributed by atoms with Gasteiger partial charge in [0, 0.05) is 6.54 Å². The Kier molecular flexibility index (Phi) is 3.97. The van der Waals surface area contributed by atoms with Gasteiger partial charge in [0.1, 0.15) is 12.2 Å². The molecule has 0 radical (unpaired) electrons.